The van der Waals surface area contributed by atoms with Crippen LogP contribution in [-0.4, -0.2) is 31.5 Å². The van der Waals surface area contributed by atoms with Gasteiger partial charge in [-0.3, -0.25) is 10.2 Å². The monoisotopic (exact) mass is 487 g/mol. The van der Waals surface area contributed by atoms with Crippen LogP contribution in [0.1, 0.15) is 35.0 Å². The van der Waals surface area contributed by atoms with Gasteiger partial charge in [0.15, 0.2) is 5.84 Å². The number of nitrogens with one attached hydrogen (secondary N) is 1. The number of aryl methyl sites for hydroxylation is 2. The molecule has 1 amide bonds. The van der Waals surface area contributed by atoms with Crippen LogP contribution in [0.3, 0.4) is 0 Å². The Morgan fingerprint density at radius 2 is 1.85 bits per heavy atom. The molecule has 0 saturated heterocycles. The first-order valence-corrected chi connectivity index (χ1v) is 12.1. The molecule has 0 bridgehead atoms. The highest BCUT2D eigenvalue weighted by molar-refractivity contribution is 8.27. The number of thioether (sulfide) groups is 1. The van der Waals surface area contributed by atoms with Crippen LogP contribution in [-0.2, 0) is 11.2 Å². The Balaban J connectivity index is 1.50. The summed E-state index contributed by atoms with van der Waals surface area (Å²) in [6.07, 6.45) is 2.72. The summed E-state index contributed by atoms with van der Waals surface area (Å²) < 4.78 is 2.15. The topological polar surface area (TPSA) is 73.8 Å². The molecule has 6 nitrogen and oxygen atoms in total. The zero-order chi connectivity index (χ0) is 24.0. The lowest BCUT2D eigenvalue weighted by Gasteiger charge is -2.20. The van der Waals surface area contributed by atoms with Gasteiger partial charge in [0.2, 0.25) is 5.17 Å². The maximum Gasteiger partial charge on any atom is 0.283 e. The van der Waals surface area contributed by atoms with Gasteiger partial charge >= 0.3 is 0 Å². The second-order valence-corrected chi connectivity index (χ2v) is 9.45. The van der Waals surface area contributed by atoms with E-state index in [-0.39, 0.29) is 11.4 Å². The number of amides is 1. The minimum Gasteiger partial charge on any atom is -0.318 e. The lowest BCUT2D eigenvalue weighted by atomic mass is 10.1. The number of fused-ring (bicyclic) bond motifs is 1. The van der Waals surface area contributed by atoms with Gasteiger partial charge in [-0.2, -0.15) is 15.1 Å². The first-order valence-electron chi connectivity index (χ1n) is 10.9. The number of carbonyl (C=O) groups excluding carboxylic acids is 1. The van der Waals surface area contributed by atoms with Gasteiger partial charge in [-0.25, -0.2) is 0 Å². The highest BCUT2D eigenvalue weighted by atomic mass is 35.5. The van der Waals surface area contributed by atoms with Crippen molar-refractivity contribution in [2.45, 2.75) is 27.2 Å². The summed E-state index contributed by atoms with van der Waals surface area (Å²) in [6.45, 7) is 6.18. The van der Waals surface area contributed by atoms with Crippen molar-refractivity contribution in [1.29, 1.82) is 5.41 Å². The molecule has 0 atom stereocenters. The molecule has 34 heavy (non-hydrogen) atoms. The molecule has 0 spiro atoms. The van der Waals surface area contributed by atoms with Crippen molar-refractivity contribution >= 4 is 51.4 Å². The van der Waals surface area contributed by atoms with Crippen molar-refractivity contribution in [3.8, 4) is 5.69 Å². The molecule has 3 aromatic rings. The van der Waals surface area contributed by atoms with Crippen LogP contribution in [0.4, 0.5) is 0 Å². The van der Waals surface area contributed by atoms with Crippen molar-refractivity contribution in [3.63, 3.8) is 0 Å². The average molecular weight is 488 g/mol. The quantitative estimate of drug-likeness (QED) is 0.460. The standard InChI is InChI=1S/C26H22ClN5OS/c1-4-17-9-11-19(12-10-17)31-15(2)13-18(16(31)3)14-21-23(28)32-26(29-24(21)33)34-25(30-32)20-7-5-6-8-22(20)27/h5-14,28H,4H2,1-3H3. The number of rotatable bonds is 4. The maximum absolute atomic E-state index is 12.9. The normalized spacial score (nSPS) is 16.7. The van der Waals surface area contributed by atoms with Gasteiger partial charge in [0, 0.05) is 22.6 Å². The number of benzene rings is 2. The van der Waals surface area contributed by atoms with Gasteiger partial charge in [-0.05, 0) is 73.5 Å². The first-order chi connectivity index (χ1) is 16.4. The number of carbonyl (C=O) groups is 1. The van der Waals surface area contributed by atoms with Gasteiger partial charge in [0.05, 0.1) is 10.6 Å². The van der Waals surface area contributed by atoms with E-state index in [0.29, 0.717) is 15.2 Å². The number of hydrazone groups is 1. The summed E-state index contributed by atoms with van der Waals surface area (Å²) in [6, 6.07) is 17.8. The van der Waals surface area contributed by atoms with Crippen LogP contribution in [0, 0.1) is 19.3 Å². The number of halogens is 1. The number of amidine groups is 2. The molecule has 0 aliphatic carbocycles. The average Bonchev–Trinajstić information content (AvgIpc) is 3.37. The fourth-order valence-corrected chi connectivity index (χ4v) is 5.31. The van der Waals surface area contributed by atoms with E-state index in [1.54, 1.807) is 12.1 Å². The number of hydrogen-bond acceptors (Lipinski definition) is 4. The number of aliphatic imine (C=N–C) groups is 1. The highest BCUT2D eigenvalue weighted by Crippen LogP contribution is 2.33. The third-order valence-corrected chi connectivity index (χ3v) is 7.20. The molecule has 1 aromatic heterocycles. The van der Waals surface area contributed by atoms with Gasteiger partial charge in [0.1, 0.15) is 5.04 Å². The van der Waals surface area contributed by atoms with Crippen LogP contribution in [0.25, 0.3) is 11.8 Å². The maximum atomic E-state index is 12.9. The van der Waals surface area contributed by atoms with Crippen LogP contribution >= 0.6 is 23.4 Å². The third kappa shape index (κ3) is 3.81. The Morgan fingerprint density at radius 3 is 2.56 bits per heavy atom. The molecule has 2 aliphatic rings. The van der Waals surface area contributed by atoms with Crippen molar-refractivity contribution in [3.05, 3.63) is 93.3 Å². The Labute approximate surface area is 207 Å². The van der Waals surface area contributed by atoms with Crippen LogP contribution in [0.15, 0.2) is 70.3 Å². The predicted molar refractivity (Wildman–Crippen MR) is 140 cm³/mol. The van der Waals surface area contributed by atoms with E-state index in [1.807, 2.05) is 38.1 Å². The van der Waals surface area contributed by atoms with Gasteiger partial charge < -0.3 is 4.57 Å². The van der Waals surface area contributed by atoms with Crippen molar-refractivity contribution in [2.75, 3.05) is 0 Å². The van der Waals surface area contributed by atoms with Gasteiger partial charge in [-0.15, -0.1) is 0 Å². The Kier molecular flexibility index (Phi) is 5.75. The minimum atomic E-state index is -0.448. The number of hydrogen-bond donors (Lipinski definition) is 1. The Bertz CT molecular complexity index is 1430. The van der Waals surface area contributed by atoms with E-state index < -0.39 is 5.91 Å². The van der Waals surface area contributed by atoms with Crippen molar-refractivity contribution in [1.82, 2.24) is 9.58 Å². The van der Waals surface area contributed by atoms with E-state index in [9.17, 15) is 4.79 Å². The fourth-order valence-electron chi connectivity index (χ4n) is 4.10. The first kappa shape index (κ1) is 22.4. The molecule has 3 heterocycles. The molecule has 2 aromatic carbocycles. The lowest BCUT2D eigenvalue weighted by Crippen LogP contribution is -2.35. The summed E-state index contributed by atoms with van der Waals surface area (Å²) in [7, 11) is 0. The Hall–Kier alpha value is -3.42. The summed E-state index contributed by atoms with van der Waals surface area (Å²) in [5.74, 6) is -0.446. The molecule has 170 valence electrons. The molecule has 2 aliphatic heterocycles. The SMILES string of the molecule is CCc1ccc(-n2c(C)cc(C=C3C(=N)N4N=C(c5ccccc5Cl)SC4=NC3=O)c2C)cc1. The predicted octanol–water partition coefficient (Wildman–Crippen LogP) is 5.98. The molecule has 0 fully saturated rings. The lowest BCUT2D eigenvalue weighted by molar-refractivity contribution is -0.114. The summed E-state index contributed by atoms with van der Waals surface area (Å²) in [4.78, 5) is 17.1. The third-order valence-electron chi connectivity index (χ3n) is 5.93. The van der Waals surface area contributed by atoms with E-state index in [4.69, 9.17) is 17.0 Å². The zero-order valence-electron chi connectivity index (χ0n) is 19.0. The second kappa shape index (κ2) is 8.74. The van der Waals surface area contributed by atoms with Crippen LogP contribution < -0.4 is 0 Å². The highest BCUT2D eigenvalue weighted by Gasteiger charge is 2.36. The fraction of sp³-hybridized carbons (Fsp3) is 0.154. The smallest absolute Gasteiger partial charge is 0.283 e. The van der Waals surface area contributed by atoms with E-state index in [2.05, 4.69) is 45.9 Å². The van der Waals surface area contributed by atoms with Gasteiger partial charge in [0.25, 0.3) is 5.91 Å². The van der Waals surface area contributed by atoms with E-state index in [0.717, 1.165) is 34.6 Å². The van der Waals surface area contributed by atoms with Crippen LogP contribution in [0.2, 0.25) is 5.02 Å². The van der Waals surface area contributed by atoms with Crippen molar-refractivity contribution in [2.24, 2.45) is 10.1 Å². The zero-order valence-corrected chi connectivity index (χ0v) is 20.5. The second-order valence-electron chi connectivity index (χ2n) is 8.09. The summed E-state index contributed by atoms with van der Waals surface area (Å²) in [5, 5.41) is 16.2. The van der Waals surface area contributed by atoms with E-state index in [1.165, 1.54) is 22.3 Å². The molecule has 0 radical (unpaired) electrons. The molecule has 1 N–H and O–H groups in total. The van der Waals surface area contributed by atoms with Crippen molar-refractivity contribution < 1.29 is 4.79 Å². The van der Waals surface area contributed by atoms with E-state index >= 15 is 0 Å². The summed E-state index contributed by atoms with van der Waals surface area (Å²) >= 11 is 7.55. The molecule has 5 rings (SSSR count). The summed E-state index contributed by atoms with van der Waals surface area (Å²) in [5.41, 5.74) is 6.19. The minimum absolute atomic E-state index is 0.00153. The van der Waals surface area contributed by atoms with Gasteiger partial charge in [-0.1, -0.05) is 48.9 Å². The Morgan fingerprint density at radius 1 is 1.12 bits per heavy atom. The number of nitrogens with zero attached hydrogens (tertiary/aromatic N) is 4. The molecule has 0 unspecified atom stereocenters. The number of aromatic nitrogens is 1. The molecular weight excluding hydrogens is 466 g/mol. The van der Waals surface area contributed by atoms with Crippen LogP contribution in [0.5, 0.6) is 0 Å². The largest absolute Gasteiger partial charge is 0.318 e. The molecule has 0 saturated carbocycles. The molecular formula is C26H22ClN5OS. The molecule has 8 heteroatoms.